The van der Waals surface area contributed by atoms with Gasteiger partial charge in [-0.2, -0.15) is 4.98 Å². The highest BCUT2D eigenvalue weighted by molar-refractivity contribution is 9.10. The number of rotatable bonds is 2. The molecule has 1 fully saturated rings. The second kappa shape index (κ2) is 4.35. The lowest BCUT2D eigenvalue weighted by Crippen LogP contribution is -2.09. The SMILES string of the molecule is O=C(O)c1nc(Br)oc1C1CCCCC1. The number of oxazole rings is 1. The molecule has 0 bridgehead atoms. The molecule has 1 aliphatic carbocycles. The van der Waals surface area contributed by atoms with Gasteiger partial charge in [0.1, 0.15) is 5.76 Å². The Bertz CT molecular complexity index is 369. The molecule has 15 heavy (non-hydrogen) atoms. The van der Waals surface area contributed by atoms with Gasteiger partial charge >= 0.3 is 5.97 Å². The van der Waals surface area contributed by atoms with Gasteiger partial charge in [0.25, 0.3) is 4.80 Å². The number of hydrogen-bond acceptors (Lipinski definition) is 3. The Hall–Kier alpha value is -0.840. The molecule has 1 heterocycles. The summed E-state index contributed by atoms with van der Waals surface area (Å²) in [6, 6.07) is 0. The molecule has 0 aromatic carbocycles. The van der Waals surface area contributed by atoms with Crippen LogP contribution in [-0.2, 0) is 0 Å². The van der Waals surface area contributed by atoms with Crippen LogP contribution in [0.15, 0.2) is 9.22 Å². The monoisotopic (exact) mass is 273 g/mol. The number of aromatic carboxylic acids is 1. The van der Waals surface area contributed by atoms with Gasteiger partial charge in [0.2, 0.25) is 0 Å². The maximum Gasteiger partial charge on any atom is 0.358 e. The number of carboxylic acids is 1. The lowest BCUT2D eigenvalue weighted by molar-refractivity contribution is 0.0687. The second-order valence-corrected chi connectivity index (χ2v) is 4.50. The lowest BCUT2D eigenvalue weighted by atomic mass is 9.87. The maximum atomic E-state index is 10.9. The number of carbonyl (C=O) groups is 1. The van der Waals surface area contributed by atoms with E-state index in [2.05, 4.69) is 20.9 Å². The highest BCUT2D eigenvalue weighted by Crippen LogP contribution is 2.35. The molecule has 1 aromatic heterocycles. The number of nitrogens with zero attached hydrogens (tertiary/aromatic N) is 1. The first-order valence-electron chi connectivity index (χ1n) is 5.08. The molecule has 1 saturated carbocycles. The number of carboxylic acid groups (broad SMARTS) is 1. The Kier molecular flexibility index (Phi) is 3.09. The summed E-state index contributed by atoms with van der Waals surface area (Å²) in [7, 11) is 0. The van der Waals surface area contributed by atoms with Crippen LogP contribution in [0.25, 0.3) is 0 Å². The van der Waals surface area contributed by atoms with Crippen molar-refractivity contribution in [2.75, 3.05) is 0 Å². The minimum absolute atomic E-state index is 0.0637. The van der Waals surface area contributed by atoms with Gasteiger partial charge in [-0.3, -0.25) is 0 Å². The predicted octanol–water partition coefficient (Wildman–Crippen LogP) is 3.18. The molecule has 0 aliphatic heterocycles. The van der Waals surface area contributed by atoms with E-state index >= 15 is 0 Å². The van der Waals surface area contributed by atoms with Crippen LogP contribution in [0, 0.1) is 0 Å². The number of aromatic nitrogens is 1. The third kappa shape index (κ3) is 2.22. The summed E-state index contributed by atoms with van der Waals surface area (Å²) < 4.78 is 5.34. The smallest absolute Gasteiger partial charge is 0.358 e. The van der Waals surface area contributed by atoms with Crippen molar-refractivity contribution >= 4 is 21.9 Å². The first-order valence-corrected chi connectivity index (χ1v) is 5.87. The summed E-state index contributed by atoms with van der Waals surface area (Å²) in [6.07, 6.45) is 5.52. The predicted molar refractivity (Wildman–Crippen MR) is 57.0 cm³/mol. The molecule has 0 saturated heterocycles. The molecule has 1 aromatic rings. The van der Waals surface area contributed by atoms with Gasteiger partial charge in [0.05, 0.1) is 0 Å². The Morgan fingerprint density at radius 2 is 2.07 bits per heavy atom. The van der Waals surface area contributed by atoms with E-state index in [1.54, 1.807) is 0 Å². The molecule has 1 N–H and O–H groups in total. The molecule has 0 unspecified atom stereocenters. The maximum absolute atomic E-state index is 10.9. The summed E-state index contributed by atoms with van der Waals surface area (Å²) >= 11 is 3.08. The van der Waals surface area contributed by atoms with Gasteiger partial charge in [0.15, 0.2) is 5.69 Å². The van der Waals surface area contributed by atoms with Crippen molar-refractivity contribution in [3.8, 4) is 0 Å². The van der Waals surface area contributed by atoms with Gasteiger partial charge in [-0.25, -0.2) is 4.79 Å². The molecule has 0 radical (unpaired) electrons. The summed E-state index contributed by atoms with van der Waals surface area (Å²) in [5.41, 5.74) is 0.0637. The molecule has 1 aliphatic rings. The van der Waals surface area contributed by atoms with Gasteiger partial charge in [-0.1, -0.05) is 19.3 Å². The Morgan fingerprint density at radius 1 is 1.40 bits per heavy atom. The third-order valence-corrected chi connectivity index (χ3v) is 3.15. The molecule has 4 nitrogen and oxygen atoms in total. The summed E-state index contributed by atoms with van der Waals surface area (Å²) in [6.45, 7) is 0. The highest BCUT2D eigenvalue weighted by atomic mass is 79.9. The Labute approximate surface area is 95.8 Å². The van der Waals surface area contributed by atoms with E-state index in [0.29, 0.717) is 5.76 Å². The number of halogens is 1. The fraction of sp³-hybridized carbons (Fsp3) is 0.600. The zero-order valence-electron chi connectivity index (χ0n) is 8.20. The Balaban J connectivity index is 2.28. The fourth-order valence-electron chi connectivity index (χ4n) is 2.10. The largest absolute Gasteiger partial charge is 0.476 e. The molecule has 2 rings (SSSR count). The van der Waals surface area contributed by atoms with Crippen LogP contribution in [0.1, 0.15) is 54.3 Å². The lowest BCUT2D eigenvalue weighted by Gasteiger charge is -2.19. The van der Waals surface area contributed by atoms with E-state index < -0.39 is 5.97 Å². The van der Waals surface area contributed by atoms with Crippen LogP contribution in [0.3, 0.4) is 0 Å². The van der Waals surface area contributed by atoms with Crippen LogP contribution in [0.5, 0.6) is 0 Å². The van der Waals surface area contributed by atoms with Gasteiger partial charge < -0.3 is 9.52 Å². The third-order valence-electron chi connectivity index (χ3n) is 2.81. The second-order valence-electron chi connectivity index (χ2n) is 3.82. The topological polar surface area (TPSA) is 63.3 Å². The zero-order chi connectivity index (χ0) is 10.8. The van der Waals surface area contributed by atoms with Crippen molar-refractivity contribution in [2.24, 2.45) is 0 Å². The van der Waals surface area contributed by atoms with E-state index in [1.807, 2.05) is 0 Å². The summed E-state index contributed by atoms with van der Waals surface area (Å²) in [4.78, 5) is 15.0. The van der Waals surface area contributed by atoms with E-state index in [4.69, 9.17) is 9.52 Å². The average Bonchev–Trinajstić information content (AvgIpc) is 2.62. The van der Waals surface area contributed by atoms with Gasteiger partial charge in [-0.05, 0) is 12.8 Å². The summed E-state index contributed by atoms with van der Waals surface area (Å²) in [5, 5.41) is 8.97. The molecule has 0 amide bonds. The van der Waals surface area contributed by atoms with Crippen LogP contribution in [-0.4, -0.2) is 16.1 Å². The fourth-order valence-corrected chi connectivity index (χ4v) is 2.45. The van der Waals surface area contributed by atoms with Crippen LogP contribution >= 0.6 is 15.9 Å². The van der Waals surface area contributed by atoms with Crippen molar-refractivity contribution in [2.45, 2.75) is 38.0 Å². The Morgan fingerprint density at radius 3 is 2.67 bits per heavy atom. The van der Waals surface area contributed by atoms with Crippen molar-refractivity contribution < 1.29 is 14.3 Å². The van der Waals surface area contributed by atoms with Gasteiger partial charge in [-0.15, -0.1) is 0 Å². The van der Waals surface area contributed by atoms with Crippen LogP contribution < -0.4 is 0 Å². The van der Waals surface area contributed by atoms with Gasteiger partial charge in [0, 0.05) is 21.8 Å². The zero-order valence-corrected chi connectivity index (χ0v) is 9.79. The minimum Gasteiger partial charge on any atom is -0.476 e. The van der Waals surface area contributed by atoms with E-state index in [9.17, 15) is 4.79 Å². The molecular formula is C10H12BrNO3. The van der Waals surface area contributed by atoms with Crippen molar-refractivity contribution in [1.82, 2.24) is 4.98 Å². The minimum atomic E-state index is -1.01. The number of hydrogen-bond donors (Lipinski definition) is 1. The molecule has 0 spiro atoms. The molecular weight excluding hydrogens is 262 g/mol. The molecule has 0 atom stereocenters. The molecule has 5 heteroatoms. The van der Waals surface area contributed by atoms with Crippen LogP contribution in [0.2, 0.25) is 0 Å². The normalized spacial score (nSPS) is 17.9. The molecule has 82 valence electrons. The van der Waals surface area contributed by atoms with E-state index in [0.717, 1.165) is 25.7 Å². The van der Waals surface area contributed by atoms with E-state index in [1.165, 1.54) is 6.42 Å². The standard InChI is InChI=1S/C10H12BrNO3/c11-10-12-7(9(13)14)8(15-10)6-4-2-1-3-5-6/h6H,1-5H2,(H,13,14). The van der Waals surface area contributed by atoms with Crippen molar-refractivity contribution in [1.29, 1.82) is 0 Å². The average molecular weight is 274 g/mol. The van der Waals surface area contributed by atoms with Crippen molar-refractivity contribution in [3.63, 3.8) is 0 Å². The van der Waals surface area contributed by atoms with E-state index in [-0.39, 0.29) is 16.4 Å². The highest BCUT2D eigenvalue weighted by Gasteiger charge is 2.27. The van der Waals surface area contributed by atoms with Crippen molar-refractivity contribution in [3.05, 3.63) is 16.3 Å². The van der Waals surface area contributed by atoms with Crippen LogP contribution in [0.4, 0.5) is 0 Å². The quantitative estimate of drug-likeness (QED) is 0.899. The summed E-state index contributed by atoms with van der Waals surface area (Å²) in [5.74, 6) is -0.247. The first-order chi connectivity index (χ1) is 7.18. The first kappa shape index (κ1) is 10.7.